The number of rotatable bonds is 13. The van der Waals surface area contributed by atoms with Gasteiger partial charge in [-0.3, -0.25) is 14.3 Å². The fraction of sp³-hybridized carbons (Fsp3) is 0.600. The highest BCUT2D eigenvalue weighted by atomic mass is 32.2. The molecule has 208 valence electrons. The van der Waals surface area contributed by atoms with E-state index < -0.39 is 8.07 Å². The van der Waals surface area contributed by atoms with E-state index in [2.05, 4.69) is 53.8 Å². The fourth-order valence-corrected chi connectivity index (χ4v) is 6.38. The van der Waals surface area contributed by atoms with Crippen LogP contribution in [-0.2, 0) is 29.0 Å². The third-order valence-electron chi connectivity index (χ3n) is 7.49. The topological polar surface area (TPSA) is 56.6 Å². The first-order valence-corrected chi connectivity index (χ1v) is 19.1. The molecular formula is C30H45N3O3SSi. The van der Waals surface area contributed by atoms with E-state index in [9.17, 15) is 4.79 Å². The van der Waals surface area contributed by atoms with Crippen LogP contribution in [0.5, 0.6) is 0 Å². The number of carbonyl (C=O) groups excluding carboxylic acids is 1. The third-order valence-corrected chi connectivity index (χ3v) is 9.88. The van der Waals surface area contributed by atoms with Crippen LogP contribution in [0.4, 0.5) is 0 Å². The highest BCUT2D eigenvalue weighted by Gasteiger charge is 2.21. The minimum absolute atomic E-state index is 0.102. The Morgan fingerprint density at radius 3 is 2.71 bits per heavy atom. The van der Waals surface area contributed by atoms with Crippen molar-refractivity contribution in [2.24, 2.45) is 0 Å². The lowest BCUT2D eigenvalue weighted by molar-refractivity contribution is 0.0384. The number of nitrogens with zero attached hydrogens (tertiary/aromatic N) is 3. The maximum atomic E-state index is 13.7. The van der Waals surface area contributed by atoms with Crippen molar-refractivity contribution >= 4 is 31.2 Å². The Morgan fingerprint density at radius 2 is 2.00 bits per heavy atom. The molecule has 1 aliphatic heterocycles. The van der Waals surface area contributed by atoms with Crippen molar-refractivity contribution in [3.05, 3.63) is 52.9 Å². The summed E-state index contributed by atoms with van der Waals surface area (Å²) in [6.45, 7) is 12.9. The van der Waals surface area contributed by atoms with Crippen molar-refractivity contribution in [2.75, 3.05) is 45.7 Å². The van der Waals surface area contributed by atoms with Gasteiger partial charge in [0, 0.05) is 40.7 Å². The monoisotopic (exact) mass is 555 g/mol. The Kier molecular flexibility index (Phi) is 10.8. The maximum absolute atomic E-state index is 13.7. The summed E-state index contributed by atoms with van der Waals surface area (Å²) in [6, 6.07) is 7.87. The molecule has 4 rings (SSSR count). The van der Waals surface area contributed by atoms with Crippen LogP contribution in [0.1, 0.15) is 52.9 Å². The van der Waals surface area contributed by atoms with Gasteiger partial charge in [0.1, 0.15) is 12.4 Å². The molecule has 2 heterocycles. The van der Waals surface area contributed by atoms with Crippen molar-refractivity contribution in [1.82, 2.24) is 14.5 Å². The molecule has 1 aliphatic carbocycles. The first-order valence-electron chi connectivity index (χ1n) is 14.2. The van der Waals surface area contributed by atoms with E-state index >= 15 is 0 Å². The zero-order chi connectivity index (χ0) is 27.0. The third kappa shape index (κ3) is 8.39. The van der Waals surface area contributed by atoms with Crippen LogP contribution in [0.2, 0.25) is 25.7 Å². The largest absolute Gasteiger partial charge is 0.379 e. The molecule has 0 unspecified atom stereocenters. The number of morpholine rings is 1. The molecule has 0 atom stereocenters. The molecule has 8 heteroatoms. The quantitative estimate of drug-likeness (QED) is 0.127. The number of allylic oxidation sites excluding steroid dienone is 2. The molecule has 2 aliphatic rings. The standard InChI is InChI=1S/C30H45N3O3SSi/c1-37-30-31-22-28(33(30)23-36-18-19-38(2,3)4)29(34)21-26-11-10-24(12-13-32-14-16-35-17-15-32)20-27(26)25-8-6-5-7-9-25/h8,10-11,20,22H,5-7,9,12-19,21,23H2,1-4H3. The van der Waals surface area contributed by atoms with Gasteiger partial charge in [-0.05, 0) is 66.7 Å². The lowest BCUT2D eigenvalue weighted by Gasteiger charge is -2.26. The van der Waals surface area contributed by atoms with Crippen LogP contribution in [-0.4, -0.2) is 74.0 Å². The van der Waals surface area contributed by atoms with Crippen LogP contribution in [0.15, 0.2) is 35.6 Å². The van der Waals surface area contributed by atoms with Crippen molar-refractivity contribution in [2.45, 2.75) is 76.1 Å². The maximum Gasteiger partial charge on any atom is 0.185 e. The summed E-state index contributed by atoms with van der Waals surface area (Å²) in [4.78, 5) is 20.7. The van der Waals surface area contributed by atoms with Gasteiger partial charge in [0.2, 0.25) is 0 Å². The van der Waals surface area contributed by atoms with Gasteiger partial charge in [-0.2, -0.15) is 0 Å². The minimum Gasteiger partial charge on any atom is -0.379 e. The van der Waals surface area contributed by atoms with Gasteiger partial charge < -0.3 is 9.47 Å². The van der Waals surface area contributed by atoms with Gasteiger partial charge in [0.05, 0.1) is 19.4 Å². The Hall–Kier alpha value is -1.71. The number of carbonyl (C=O) groups is 1. The Balaban J connectivity index is 1.50. The molecule has 1 aromatic carbocycles. The average Bonchev–Trinajstić information content (AvgIpc) is 3.34. The number of ether oxygens (including phenoxy) is 2. The lowest BCUT2D eigenvalue weighted by Crippen LogP contribution is -2.37. The molecule has 1 fully saturated rings. The van der Waals surface area contributed by atoms with Crippen molar-refractivity contribution < 1.29 is 14.3 Å². The molecule has 0 bridgehead atoms. The molecule has 1 saturated heterocycles. The first kappa shape index (κ1) is 29.3. The van der Waals surface area contributed by atoms with E-state index in [0.29, 0.717) is 18.8 Å². The van der Waals surface area contributed by atoms with Crippen molar-refractivity contribution in [3.63, 3.8) is 0 Å². The molecular weight excluding hydrogens is 511 g/mol. The SMILES string of the molecule is CSc1ncc(C(=O)Cc2ccc(CCN3CCOCC3)cc2C2=CCCCC2)n1COCC[Si](C)(C)C. The normalized spacial score (nSPS) is 17.0. The van der Waals surface area contributed by atoms with Crippen LogP contribution >= 0.6 is 11.8 Å². The molecule has 38 heavy (non-hydrogen) atoms. The molecule has 0 radical (unpaired) electrons. The number of imidazole rings is 1. The van der Waals surface area contributed by atoms with Gasteiger partial charge in [0.15, 0.2) is 10.9 Å². The summed E-state index contributed by atoms with van der Waals surface area (Å²) in [5.74, 6) is 0.102. The summed E-state index contributed by atoms with van der Waals surface area (Å²) < 4.78 is 13.5. The van der Waals surface area contributed by atoms with Crippen LogP contribution in [0.3, 0.4) is 0 Å². The van der Waals surface area contributed by atoms with E-state index in [0.717, 1.165) is 75.5 Å². The highest BCUT2D eigenvalue weighted by Crippen LogP contribution is 2.31. The predicted molar refractivity (Wildman–Crippen MR) is 160 cm³/mol. The molecule has 1 aromatic heterocycles. The van der Waals surface area contributed by atoms with Crippen molar-refractivity contribution in [3.8, 4) is 0 Å². The summed E-state index contributed by atoms with van der Waals surface area (Å²) in [5.41, 5.74) is 5.78. The zero-order valence-corrected chi connectivity index (χ0v) is 25.6. The van der Waals surface area contributed by atoms with Crippen LogP contribution in [0, 0.1) is 0 Å². The van der Waals surface area contributed by atoms with Crippen LogP contribution in [0.25, 0.3) is 5.57 Å². The van der Waals surface area contributed by atoms with E-state index in [-0.39, 0.29) is 5.78 Å². The van der Waals surface area contributed by atoms with Gasteiger partial charge in [0.25, 0.3) is 0 Å². The number of hydrogen-bond donors (Lipinski definition) is 0. The van der Waals surface area contributed by atoms with E-state index in [1.807, 2.05) is 10.8 Å². The molecule has 0 N–H and O–H groups in total. The predicted octanol–water partition coefficient (Wildman–Crippen LogP) is 6.17. The zero-order valence-electron chi connectivity index (χ0n) is 23.8. The number of hydrogen-bond acceptors (Lipinski definition) is 6. The molecule has 0 saturated carbocycles. The number of Topliss-reactive ketones (excluding diaryl/α,β-unsaturated/α-hetero) is 1. The van der Waals surface area contributed by atoms with Gasteiger partial charge in [-0.15, -0.1) is 0 Å². The molecule has 6 nitrogen and oxygen atoms in total. The number of ketones is 1. The second-order valence-corrected chi connectivity index (χ2v) is 18.1. The van der Waals surface area contributed by atoms with Gasteiger partial charge in [-0.25, -0.2) is 4.98 Å². The number of aromatic nitrogens is 2. The summed E-state index contributed by atoms with van der Waals surface area (Å²) >= 11 is 1.56. The smallest absolute Gasteiger partial charge is 0.185 e. The molecule has 0 amide bonds. The second-order valence-electron chi connectivity index (χ2n) is 11.7. The van der Waals surface area contributed by atoms with E-state index in [1.165, 1.54) is 29.5 Å². The van der Waals surface area contributed by atoms with Crippen molar-refractivity contribution in [1.29, 1.82) is 0 Å². The summed E-state index contributed by atoms with van der Waals surface area (Å²) in [7, 11) is -1.17. The Morgan fingerprint density at radius 1 is 1.18 bits per heavy atom. The average molecular weight is 556 g/mol. The minimum atomic E-state index is -1.17. The summed E-state index contributed by atoms with van der Waals surface area (Å²) in [5, 5.41) is 0.829. The van der Waals surface area contributed by atoms with E-state index in [1.54, 1.807) is 18.0 Å². The van der Waals surface area contributed by atoms with Gasteiger partial charge in [-0.1, -0.05) is 55.7 Å². The number of thioether (sulfide) groups is 1. The Bertz CT molecular complexity index is 1100. The Labute approximate surface area is 234 Å². The molecule has 0 spiro atoms. The van der Waals surface area contributed by atoms with E-state index in [4.69, 9.17) is 9.47 Å². The van der Waals surface area contributed by atoms with Crippen LogP contribution < -0.4 is 0 Å². The lowest BCUT2D eigenvalue weighted by atomic mass is 9.87. The fourth-order valence-electron chi connectivity index (χ4n) is 5.09. The molecule has 2 aromatic rings. The summed E-state index contributed by atoms with van der Waals surface area (Å²) in [6.07, 6.45) is 12.2. The number of benzene rings is 1. The second kappa shape index (κ2) is 14.1. The van der Waals surface area contributed by atoms with Gasteiger partial charge >= 0.3 is 0 Å². The highest BCUT2D eigenvalue weighted by molar-refractivity contribution is 7.98. The first-order chi connectivity index (χ1) is 18.3.